The van der Waals surface area contributed by atoms with Crippen LogP contribution in [-0.4, -0.2) is 30.3 Å². The van der Waals surface area contributed by atoms with Gasteiger partial charge in [-0.3, -0.25) is 4.79 Å². The van der Waals surface area contributed by atoms with Crippen molar-refractivity contribution in [2.75, 3.05) is 13.2 Å². The summed E-state index contributed by atoms with van der Waals surface area (Å²) in [7, 11) is 0. The van der Waals surface area contributed by atoms with Crippen molar-refractivity contribution < 1.29 is 19.0 Å². The lowest BCUT2D eigenvalue weighted by atomic mass is 10.1. The second-order valence-electron chi connectivity index (χ2n) is 4.93. The lowest BCUT2D eigenvalue weighted by molar-refractivity contribution is -0.123. The van der Waals surface area contributed by atoms with Gasteiger partial charge in [0, 0.05) is 12.5 Å². The summed E-state index contributed by atoms with van der Waals surface area (Å²) in [4.78, 5) is 11.7. The van der Waals surface area contributed by atoms with Crippen molar-refractivity contribution in [3.8, 4) is 5.75 Å². The summed E-state index contributed by atoms with van der Waals surface area (Å²) in [6, 6.07) is 4.02. The molecule has 6 heteroatoms. The van der Waals surface area contributed by atoms with Gasteiger partial charge in [0.05, 0.1) is 10.6 Å². The predicted octanol–water partition coefficient (Wildman–Crippen LogP) is 2.24. The standard InChI is InChI=1S/C14H17BrFNO3/c15-11-6-10(16)4-5-13(11)20-8-14(19)17-7-9-2-1-3-12(9)18/h4-6,9,12,18H,1-3,7-8H2,(H,17,19). The first kappa shape index (κ1) is 15.3. The number of hydrogen-bond acceptors (Lipinski definition) is 3. The zero-order chi connectivity index (χ0) is 14.5. The normalized spacial score (nSPS) is 21.8. The van der Waals surface area contributed by atoms with Crippen LogP contribution in [0, 0.1) is 11.7 Å². The summed E-state index contributed by atoms with van der Waals surface area (Å²) < 4.78 is 18.7. The Balaban J connectivity index is 1.74. The highest BCUT2D eigenvalue weighted by Crippen LogP contribution is 2.26. The largest absolute Gasteiger partial charge is 0.483 e. The third-order valence-electron chi connectivity index (χ3n) is 3.43. The molecule has 0 aliphatic heterocycles. The molecule has 0 radical (unpaired) electrons. The van der Waals surface area contributed by atoms with Crippen molar-refractivity contribution in [1.82, 2.24) is 5.32 Å². The van der Waals surface area contributed by atoms with Gasteiger partial charge in [0.25, 0.3) is 5.91 Å². The molecule has 2 atom stereocenters. The first-order chi connectivity index (χ1) is 9.56. The third-order valence-corrected chi connectivity index (χ3v) is 4.05. The summed E-state index contributed by atoms with van der Waals surface area (Å²) in [6.45, 7) is 0.334. The summed E-state index contributed by atoms with van der Waals surface area (Å²) >= 11 is 3.17. The van der Waals surface area contributed by atoms with Gasteiger partial charge in [-0.15, -0.1) is 0 Å². The Morgan fingerprint density at radius 3 is 2.95 bits per heavy atom. The Bertz CT molecular complexity index is 483. The van der Waals surface area contributed by atoms with E-state index in [0.29, 0.717) is 16.8 Å². The van der Waals surface area contributed by atoms with Gasteiger partial charge in [-0.25, -0.2) is 4.39 Å². The predicted molar refractivity (Wildman–Crippen MR) is 76.0 cm³/mol. The zero-order valence-electron chi connectivity index (χ0n) is 10.9. The van der Waals surface area contributed by atoms with Gasteiger partial charge < -0.3 is 15.2 Å². The quantitative estimate of drug-likeness (QED) is 0.860. The molecule has 0 heterocycles. The van der Waals surface area contributed by atoms with Gasteiger partial charge in [-0.1, -0.05) is 6.42 Å². The minimum absolute atomic E-state index is 0.132. The second-order valence-corrected chi connectivity index (χ2v) is 5.78. The number of hydrogen-bond donors (Lipinski definition) is 2. The van der Waals surface area contributed by atoms with Gasteiger partial charge >= 0.3 is 0 Å². The van der Waals surface area contributed by atoms with Crippen LogP contribution >= 0.6 is 15.9 Å². The van der Waals surface area contributed by atoms with E-state index in [9.17, 15) is 14.3 Å². The Hall–Kier alpha value is -1.14. The van der Waals surface area contributed by atoms with Gasteiger partial charge in [0.1, 0.15) is 11.6 Å². The smallest absolute Gasteiger partial charge is 0.257 e. The molecule has 1 aliphatic carbocycles. The highest BCUT2D eigenvalue weighted by Gasteiger charge is 2.25. The molecular weight excluding hydrogens is 329 g/mol. The van der Waals surface area contributed by atoms with E-state index in [1.807, 2.05) is 0 Å². The number of aliphatic hydroxyl groups excluding tert-OH is 1. The number of benzene rings is 1. The Labute approximate surface area is 125 Å². The SMILES string of the molecule is O=C(COc1ccc(F)cc1Br)NCC1CCCC1O. The number of aliphatic hydroxyl groups is 1. The van der Waals surface area contributed by atoms with Crippen molar-refractivity contribution >= 4 is 21.8 Å². The molecule has 0 spiro atoms. The van der Waals surface area contributed by atoms with Crippen molar-refractivity contribution in [1.29, 1.82) is 0 Å². The molecule has 1 fully saturated rings. The van der Waals surface area contributed by atoms with E-state index in [4.69, 9.17) is 4.74 Å². The summed E-state index contributed by atoms with van der Waals surface area (Å²) in [5.41, 5.74) is 0. The topological polar surface area (TPSA) is 58.6 Å². The van der Waals surface area contributed by atoms with Crippen molar-refractivity contribution in [2.24, 2.45) is 5.92 Å². The molecule has 0 aromatic heterocycles. The maximum absolute atomic E-state index is 12.9. The molecule has 1 aliphatic rings. The first-order valence-electron chi connectivity index (χ1n) is 6.59. The van der Waals surface area contributed by atoms with Crippen LogP contribution in [0.4, 0.5) is 4.39 Å². The van der Waals surface area contributed by atoms with Crippen LogP contribution < -0.4 is 10.1 Å². The minimum atomic E-state index is -0.371. The van der Waals surface area contributed by atoms with Crippen LogP contribution in [-0.2, 0) is 4.79 Å². The number of halogens is 2. The Morgan fingerprint density at radius 1 is 1.50 bits per heavy atom. The summed E-state index contributed by atoms with van der Waals surface area (Å²) in [5.74, 6) is -0.0665. The molecule has 110 valence electrons. The van der Waals surface area contributed by atoms with Crippen LogP contribution in [0.15, 0.2) is 22.7 Å². The Kier molecular flexibility index (Phi) is 5.37. The van der Waals surface area contributed by atoms with Crippen LogP contribution in [0.3, 0.4) is 0 Å². The number of rotatable bonds is 5. The highest BCUT2D eigenvalue weighted by molar-refractivity contribution is 9.10. The van der Waals surface area contributed by atoms with E-state index in [0.717, 1.165) is 19.3 Å². The van der Waals surface area contributed by atoms with E-state index in [1.165, 1.54) is 18.2 Å². The summed E-state index contributed by atoms with van der Waals surface area (Å²) in [6.07, 6.45) is 2.43. The molecule has 1 amide bonds. The van der Waals surface area contributed by atoms with Crippen LogP contribution in [0.5, 0.6) is 5.75 Å². The summed E-state index contributed by atoms with van der Waals surface area (Å²) in [5, 5.41) is 12.4. The lowest BCUT2D eigenvalue weighted by Gasteiger charge is -2.15. The van der Waals surface area contributed by atoms with Gasteiger partial charge in [-0.2, -0.15) is 0 Å². The van der Waals surface area contributed by atoms with Gasteiger partial charge in [0.2, 0.25) is 0 Å². The average molecular weight is 346 g/mol. The number of nitrogens with one attached hydrogen (secondary N) is 1. The van der Waals surface area contributed by atoms with Crippen molar-refractivity contribution in [2.45, 2.75) is 25.4 Å². The van der Waals surface area contributed by atoms with Crippen molar-refractivity contribution in [3.05, 3.63) is 28.5 Å². The number of carbonyl (C=O) groups excluding carboxylic acids is 1. The van der Waals surface area contributed by atoms with Gasteiger partial charge in [0.15, 0.2) is 6.61 Å². The molecule has 2 rings (SSSR count). The molecule has 1 saturated carbocycles. The number of amides is 1. The van der Waals surface area contributed by atoms with E-state index in [1.54, 1.807) is 0 Å². The van der Waals surface area contributed by atoms with E-state index >= 15 is 0 Å². The maximum Gasteiger partial charge on any atom is 0.257 e. The molecule has 0 bridgehead atoms. The van der Waals surface area contributed by atoms with E-state index in [-0.39, 0.29) is 30.4 Å². The van der Waals surface area contributed by atoms with Crippen molar-refractivity contribution in [3.63, 3.8) is 0 Å². The van der Waals surface area contributed by atoms with E-state index < -0.39 is 0 Å². The molecular formula is C14H17BrFNO3. The lowest BCUT2D eigenvalue weighted by Crippen LogP contribution is -2.35. The molecule has 2 N–H and O–H groups in total. The van der Waals surface area contributed by atoms with Crippen LogP contribution in [0.1, 0.15) is 19.3 Å². The van der Waals surface area contributed by atoms with Crippen LogP contribution in [0.2, 0.25) is 0 Å². The number of ether oxygens (including phenoxy) is 1. The second kappa shape index (κ2) is 7.04. The molecule has 20 heavy (non-hydrogen) atoms. The third kappa shape index (κ3) is 4.18. The Morgan fingerprint density at radius 2 is 2.30 bits per heavy atom. The fraction of sp³-hybridized carbons (Fsp3) is 0.500. The van der Waals surface area contributed by atoms with E-state index in [2.05, 4.69) is 21.2 Å². The number of carbonyl (C=O) groups is 1. The van der Waals surface area contributed by atoms with Crippen LogP contribution in [0.25, 0.3) is 0 Å². The molecule has 2 unspecified atom stereocenters. The monoisotopic (exact) mass is 345 g/mol. The molecule has 4 nitrogen and oxygen atoms in total. The minimum Gasteiger partial charge on any atom is -0.483 e. The maximum atomic E-state index is 12.9. The van der Waals surface area contributed by atoms with Gasteiger partial charge in [-0.05, 0) is 47.0 Å². The fourth-order valence-corrected chi connectivity index (χ4v) is 2.75. The zero-order valence-corrected chi connectivity index (χ0v) is 12.5. The molecule has 0 saturated heterocycles. The fourth-order valence-electron chi connectivity index (χ4n) is 2.29. The highest BCUT2D eigenvalue weighted by atomic mass is 79.9. The molecule has 1 aromatic rings. The average Bonchev–Trinajstić information content (AvgIpc) is 2.81. The first-order valence-corrected chi connectivity index (χ1v) is 7.38. The molecule has 1 aromatic carbocycles.